The first-order valence-electron chi connectivity index (χ1n) is 6.32. The summed E-state index contributed by atoms with van der Waals surface area (Å²) in [7, 11) is -3.67. The van der Waals surface area contributed by atoms with E-state index in [9.17, 15) is 8.42 Å². The highest BCUT2D eigenvalue weighted by Gasteiger charge is 2.16. The molecule has 0 unspecified atom stereocenters. The van der Waals surface area contributed by atoms with Gasteiger partial charge >= 0.3 is 0 Å². The van der Waals surface area contributed by atoms with Gasteiger partial charge in [-0.15, -0.1) is 0 Å². The standard InChI is InChI=1S/C15H13ClN2O2S/c1-10-5-6-11(9-13(10)16)21(19,20)18-15-4-2-3-14-12(15)7-8-17-14/h2-9,17-18H,1H3. The van der Waals surface area contributed by atoms with Gasteiger partial charge in [0, 0.05) is 22.1 Å². The van der Waals surface area contributed by atoms with E-state index in [2.05, 4.69) is 9.71 Å². The van der Waals surface area contributed by atoms with E-state index in [1.165, 1.54) is 6.07 Å². The third-order valence-corrected chi connectivity index (χ3v) is 5.06. The summed E-state index contributed by atoms with van der Waals surface area (Å²) < 4.78 is 27.5. The van der Waals surface area contributed by atoms with Crippen LogP contribution in [0.25, 0.3) is 10.9 Å². The van der Waals surface area contributed by atoms with Crippen LogP contribution in [0, 0.1) is 6.92 Å². The van der Waals surface area contributed by atoms with Gasteiger partial charge in [0.25, 0.3) is 10.0 Å². The summed E-state index contributed by atoms with van der Waals surface area (Å²) >= 11 is 6.00. The lowest BCUT2D eigenvalue weighted by atomic mass is 10.2. The summed E-state index contributed by atoms with van der Waals surface area (Å²) in [6, 6.07) is 11.9. The number of benzene rings is 2. The van der Waals surface area contributed by atoms with Crippen LogP contribution in [0.4, 0.5) is 5.69 Å². The predicted molar refractivity (Wildman–Crippen MR) is 85.3 cm³/mol. The van der Waals surface area contributed by atoms with E-state index in [1.54, 1.807) is 30.5 Å². The summed E-state index contributed by atoms with van der Waals surface area (Å²) in [6.45, 7) is 1.83. The summed E-state index contributed by atoms with van der Waals surface area (Å²) in [5, 5.41) is 1.25. The Labute approximate surface area is 127 Å². The zero-order valence-electron chi connectivity index (χ0n) is 11.2. The molecule has 108 valence electrons. The second-order valence-corrected chi connectivity index (χ2v) is 6.85. The van der Waals surface area contributed by atoms with E-state index in [1.807, 2.05) is 19.1 Å². The van der Waals surface area contributed by atoms with Crippen LogP contribution in [0.15, 0.2) is 53.6 Å². The number of aromatic nitrogens is 1. The molecule has 0 saturated heterocycles. The maximum Gasteiger partial charge on any atom is 0.261 e. The van der Waals surface area contributed by atoms with Crippen LogP contribution in [-0.4, -0.2) is 13.4 Å². The first kappa shape index (κ1) is 14.0. The molecule has 0 saturated carbocycles. The minimum absolute atomic E-state index is 0.144. The number of sulfonamides is 1. The first-order chi connectivity index (χ1) is 9.97. The Morgan fingerprint density at radius 3 is 2.71 bits per heavy atom. The number of hydrogen-bond donors (Lipinski definition) is 2. The molecule has 4 nitrogen and oxygen atoms in total. The van der Waals surface area contributed by atoms with Crippen molar-refractivity contribution in [1.29, 1.82) is 0 Å². The van der Waals surface area contributed by atoms with E-state index < -0.39 is 10.0 Å². The maximum atomic E-state index is 12.5. The van der Waals surface area contributed by atoms with E-state index in [0.717, 1.165) is 16.5 Å². The highest BCUT2D eigenvalue weighted by molar-refractivity contribution is 7.92. The summed E-state index contributed by atoms with van der Waals surface area (Å²) in [5.41, 5.74) is 2.24. The molecule has 0 spiro atoms. The van der Waals surface area contributed by atoms with Gasteiger partial charge in [-0.1, -0.05) is 23.7 Å². The van der Waals surface area contributed by atoms with Gasteiger partial charge in [0.05, 0.1) is 10.6 Å². The van der Waals surface area contributed by atoms with Gasteiger partial charge in [-0.3, -0.25) is 4.72 Å². The molecular formula is C15H13ClN2O2S. The highest BCUT2D eigenvalue weighted by Crippen LogP contribution is 2.26. The number of halogens is 1. The van der Waals surface area contributed by atoms with E-state index in [0.29, 0.717) is 10.7 Å². The van der Waals surface area contributed by atoms with Gasteiger partial charge in [-0.2, -0.15) is 0 Å². The number of anilines is 1. The highest BCUT2D eigenvalue weighted by atomic mass is 35.5. The minimum Gasteiger partial charge on any atom is -0.361 e. The van der Waals surface area contributed by atoms with Gasteiger partial charge in [0.1, 0.15) is 0 Å². The Kier molecular flexibility index (Phi) is 3.39. The normalized spacial score (nSPS) is 11.7. The quantitative estimate of drug-likeness (QED) is 0.768. The van der Waals surface area contributed by atoms with Crippen LogP contribution in [0.2, 0.25) is 5.02 Å². The van der Waals surface area contributed by atoms with Crippen molar-refractivity contribution < 1.29 is 8.42 Å². The van der Waals surface area contributed by atoms with Crippen molar-refractivity contribution in [1.82, 2.24) is 4.98 Å². The van der Waals surface area contributed by atoms with Crippen LogP contribution in [0.3, 0.4) is 0 Å². The Morgan fingerprint density at radius 1 is 1.14 bits per heavy atom. The fraction of sp³-hybridized carbons (Fsp3) is 0.0667. The van der Waals surface area contributed by atoms with Gasteiger partial charge in [-0.25, -0.2) is 8.42 Å². The molecule has 0 fully saturated rings. The Balaban J connectivity index is 2.03. The summed E-state index contributed by atoms with van der Waals surface area (Å²) in [5.74, 6) is 0. The molecule has 0 bridgehead atoms. The molecule has 3 aromatic rings. The Bertz CT molecular complexity index is 916. The van der Waals surface area contributed by atoms with Gasteiger partial charge in [0.15, 0.2) is 0 Å². The molecule has 0 amide bonds. The smallest absolute Gasteiger partial charge is 0.261 e. The third kappa shape index (κ3) is 2.62. The van der Waals surface area contributed by atoms with Crippen molar-refractivity contribution in [2.75, 3.05) is 4.72 Å². The Hall–Kier alpha value is -1.98. The maximum absolute atomic E-state index is 12.5. The zero-order chi connectivity index (χ0) is 15.0. The second-order valence-electron chi connectivity index (χ2n) is 4.76. The third-order valence-electron chi connectivity index (χ3n) is 3.29. The fourth-order valence-electron chi connectivity index (χ4n) is 2.12. The number of aromatic amines is 1. The molecule has 3 rings (SSSR count). The van der Waals surface area contributed by atoms with Crippen LogP contribution in [0.5, 0.6) is 0 Å². The van der Waals surface area contributed by atoms with Crippen LogP contribution >= 0.6 is 11.6 Å². The monoisotopic (exact) mass is 320 g/mol. The van der Waals surface area contributed by atoms with Crippen LogP contribution in [0.1, 0.15) is 5.56 Å². The molecule has 21 heavy (non-hydrogen) atoms. The van der Waals surface area contributed by atoms with Crippen molar-refractivity contribution >= 4 is 38.2 Å². The molecule has 0 radical (unpaired) electrons. The van der Waals surface area contributed by atoms with Crippen molar-refractivity contribution in [2.45, 2.75) is 11.8 Å². The molecule has 0 atom stereocenters. The molecule has 0 aliphatic rings. The second kappa shape index (κ2) is 5.09. The fourth-order valence-corrected chi connectivity index (χ4v) is 3.47. The molecule has 1 aromatic heterocycles. The van der Waals surface area contributed by atoms with E-state index >= 15 is 0 Å². The first-order valence-corrected chi connectivity index (χ1v) is 8.18. The molecule has 0 aliphatic carbocycles. The molecule has 2 N–H and O–H groups in total. The molecule has 1 heterocycles. The van der Waals surface area contributed by atoms with E-state index in [4.69, 9.17) is 11.6 Å². The number of nitrogens with one attached hydrogen (secondary N) is 2. The van der Waals surface area contributed by atoms with Crippen molar-refractivity contribution in [3.63, 3.8) is 0 Å². The summed E-state index contributed by atoms with van der Waals surface area (Å²) in [4.78, 5) is 3.19. The average molecular weight is 321 g/mol. The zero-order valence-corrected chi connectivity index (χ0v) is 12.8. The number of aryl methyl sites for hydroxylation is 1. The minimum atomic E-state index is -3.67. The van der Waals surface area contributed by atoms with E-state index in [-0.39, 0.29) is 4.90 Å². The topological polar surface area (TPSA) is 62.0 Å². The summed E-state index contributed by atoms with van der Waals surface area (Å²) in [6.07, 6.45) is 1.77. The lowest BCUT2D eigenvalue weighted by molar-refractivity contribution is 0.601. The molecule has 0 aliphatic heterocycles. The largest absolute Gasteiger partial charge is 0.361 e. The molecule has 6 heteroatoms. The van der Waals surface area contributed by atoms with Crippen molar-refractivity contribution in [2.24, 2.45) is 0 Å². The van der Waals surface area contributed by atoms with Crippen LogP contribution in [-0.2, 0) is 10.0 Å². The van der Waals surface area contributed by atoms with Crippen molar-refractivity contribution in [3.05, 3.63) is 59.2 Å². The van der Waals surface area contributed by atoms with Crippen LogP contribution < -0.4 is 4.72 Å². The van der Waals surface area contributed by atoms with Gasteiger partial charge < -0.3 is 4.98 Å². The van der Waals surface area contributed by atoms with Crippen molar-refractivity contribution in [3.8, 4) is 0 Å². The number of H-pyrrole nitrogens is 1. The Morgan fingerprint density at radius 2 is 1.95 bits per heavy atom. The lowest BCUT2D eigenvalue weighted by Gasteiger charge is -2.10. The van der Waals surface area contributed by atoms with Gasteiger partial charge in [-0.05, 0) is 42.8 Å². The number of hydrogen-bond acceptors (Lipinski definition) is 2. The van der Waals surface area contributed by atoms with Gasteiger partial charge in [0.2, 0.25) is 0 Å². The predicted octanol–water partition coefficient (Wildman–Crippen LogP) is 3.93. The lowest BCUT2D eigenvalue weighted by Crippen LogP contribution is -2.13. The average Bonchev–Trinajstić information content (AvgIpc) is 2.91. The number of rotatable bonds is 3. The molecular weight excluding hydrogens is 308 g/mol. The molecule has 2 aromatic carbocycles. The SMILES string of the molecule is Cc1ccc(S(=O)(=O)Nc2cccc3[nH]ccc23)cc1Cl. The number of fused-ring (bicyclic) bond motifs is 1.